The fraction of sp³-hybridized carbons (Fsp3) is 0.500. The number of hydrogen-bond acceptors (Lipinski definition) is 6. The molecule has 1 aromatic carbocycles. The number of benzene rings is 1. The van der Waals surface area contributed by atoms with E-state index in [1.165, 1.54) is 6.20 Å². The molecule has 2 heterocycles. The van der Waals surface area contributed by atoms with E-state index in [1.807, 2.05) is 0 Å². The van der Waals surface area contributed by atoms with Gasteiger partial charge in [0.1, 0.15) is 11.3 Å². The minimum Gasteiger partial charge on any atom is -0.504 e. The molecular formula is C20H23FN2O6. The van der Waals surface area contributed by atoms with Crippen molar-refractivity contribution in [2.75, 3.05) is 24.6 Å². The van der Waals surface area contributed by atoms with Crippen molar-refractivity contribution in [3.63, 3.8) is 0 Å². The zero-order valence-corrected chi connectivity index (χ0v) is 15.7. The van der Waals surface area contributed by atoms with Crippen molar-refractivity contribution in [3.8, 4) is 5.75 Å². The van der Waals surface area contributed by atoms with E-state index < -0.39 is 41.2 Å². The molecule has 0 spiro atoms. The molecule has 8 nitrogen and oxygen atoms in total. The molecule has 1 saturated heterocycles. The van der Waals surface area contributed by atoms with Crippen LogP contribution in [0.4, 0.5) is 10.1 Å². The molecule has 29 heavy (non-hydrogen) atoms. The number of carbonyl (C=O) groups is 1. The number of nitrogens with zero attached hydrogens (tertiary/aromatic N) is 2. The topological polar surface area (TPSA) is 123 Å². The third-order valence-corrected chi connectivity index (χ3v) is 5.89. The number of phenols is 1. The van der Waals surface area contributed by atoms with Crippen LogP contribution in [0.2, 0.25) is 0 Å². The van der Waals surface area contributed by atoms with Gasteiger partial charge in [-0.3, -0.25) is 4.79 Å². The predicted octanol–water partition coefficient (Wildman–Crippen LogP) is 1.45. The minimum atomic E-state index is -1.40. The molecule has 0 radical (unpaired) electrons. The molecule has 156 valence electrons. The van der Waals surface area contributed by atoms with Crippen LogP contribution in [0.5, 0.6) is 5.75 Å². The fourth-order valence-electron chi connectivity index (χ4n) is 4.23. The van der Waals surface area contributed by atoms with Crippen molar-refractivity contribution in [3.05, 3.63) is 33.9 Å². The number of fused-ring (bicyclic) bond motifs is 1. The summed E-state index contributed by atoms with van der Waals surface area (Å²) >= 11 is 0. The van der Waals surface area contributed by atoms with Gasteiger partial charge in [0.2, 0.25) is 5.43 Å². The van der Waals surface area contributed by atoms with Gasteiger partial charge in [0.05, 0.1) is 23.6 Å². The molecule has 2 aromatic rings. The number of aliphatic hydroxyl groups is 2. The van der Waals surface area contributed by atoms with Crippen molar-refractivity contribution < 1.29 is 29.6 Å². The van der Waals surface area contributed by atoms with E-state index in [0.717, 1.165) is 18.9 Å². The van der Waals surface area contributed by atoms with E-state index in [1.54, 1.807) is 9.47 Å². The Morgan fingerprint density at radius 1 is 1.31 bits per heavy atom. The Kier molecular flexibility index (Phi) is 4.95. The van der Waals surface area contributed by atoms with E-state index in [9.17, 15) is 30.0 Å². The van der Waals surface area contributed by atoms with Gasteiger partial charge in [-0.25, -0.2) is 9.18 Å². The SMILES string of the molecule is O=C(O)c1cn(C2CC2)c2c(O)c(N3CCCC(C(O)CO)C3)c(F)cc2c1=O. The van der Waals surface area contributed by atoms with E-state index in [2.05, 4.69) is 0 Å². The minimum absolute atomic E-state index is 0.0503. The highest BCUT2D eigenvalue weighted by atomic mass is 19.1. The monoisotopic (exact) mass is 406 g/mol. The number of piperidine rings is 1. The summed E-state index contributed by atoms with van der Waals surface area (Å²) in [5, 5.41) is 39.3. The molecular weight excluding hydrogens is 383 g/mol. The number of anilines is 1. The maximum atomic E-state index is 15.0. The molecule has 2 aliphatic rings. The summed E-state index contributed by atoms with van der Waals surface area (Å²) in [5.74, 6) is -2.90. The molecule has 2 unspecified atom stereocenters. The summed E-state index contributed by atoms with van der Waals surface area (Å²) in [6.45, 7) is 0.300. The van der Waals surface area contributed by atoms with Crippen molar-refractivity contribution in [2.45, 2.75) is 37.8 Å². The first kappa shape index (κ1) is 19.7. The van der Waals surface area contributed by atoms with Gasteiger partial charge >= 0.3 is 5.97 Å². The number of aromatic nitrogens is 1. The van der Waals surface area contributed by atoms with E-state index >= 15 is 4.39 Å². The number of phenolic OH excluding ortho intramolecular Hbond substituents is 1. The van der Waals surface area contributed by atoms with Crippen molar-refractivity contribution in [1.29, 1.82) is 0 Å². The largest absolute Gasteiger partial charge is 0.504 e. The number of hydrogen-bond donors (Lipinski definition) is 4. The molecule has 1 saturated carbocycles. The van der Waals surface area contributed by atoms with Gasteiger partial charge in [0, 0.05) is 31.2 Å². The van der Waals surface area contributed by atoms with Crippen LogP contribution in [0.3, 0.4) is 0 Å². The number of carboxylic acids is 1. The Labute approximate surface area is 165 Å². The predicted molar refractivity (Wildman–Crippen MR) is 103 cm³/mol. The molecule has 1 aliphatic heterocycles. The number of aromatic carboxylic acids is 1. The van der Waals surface area contributed by atoms with Crippen molar-refractivity contribution >= 4 is 22.6 Å². The number of aliphatic hydroxyl groups excluding tert-OH is 2. The molecule has 4 rings (SSSR count). The maximum Gasteiger partial charge on any atom is 0.341 e. The molecule has 9 heteroatoms. The lowest BCUT2D eigenvalue weighted by molar-refractivity contribution is 0.0413. The summed E-state index contributed by atoms with van der Waals surface area (Å²) in [6.07, 6.45) is 3.15. The second-order valence-electron chi connectivity index (χ2n) is 7.87. The van der Waals surface area contributed by atoms with Crippen LogP contribution in [0.25, 0.3) is 10.9 Å². The van der Waals surface area contributed by atoms with Gasteiger partial charge in [0.15, 0.2) is 11.6 Å². The molecule has 4 N–H and O–H groups in total. The van der Waals surface area contributed by atoms with Crippen molar-refractivity contribution in [2.24, 2.45) is 5.92 Å². The highest BCUT2D eigenvalue weighted by Crippen LogP contribution is 2.43. The Balaban J connectivity index is 1.89. The van der Waals surface area contributed by atoms with Gasteiger partial charge < -0.3 is 29.9 Å². The lowest BCUT2D eigenvalue weighted by atomic mass is 9.92. The van der Waals surface area contributed by atoms with E-state index in [0.29, 0.717) is 19.4 Å². The molecule has 1 aliphatic carbocycles. The first-order valence-electron chi connectivity index (χ1n) is 9.71. The number of rotatable bonds is 5. The number of aromatic hydroxyl groups is 1. The highest BCUT2D eigenvalue weighted by molar-refractivity contribution is 5.96. The zero-order chi connectivity index (χ0) is 20.9. The summed E-state index contributed by atoms with van der Waals surface area (Å²) in [7, 11) is 0. The maximum absolute atomic E-state index is 15.0. The average Bonchev–Trinajstić information content (AvgIpc) is 3.53. The summed E-state index contributed by atoms with van der Waals surface area (Å²) in [5.41, 5.74) is -1.23. The zero-order valence-electron chi connectivity index (χ0n) is 15.7. The summed E-state index contributed by atoms with van der Waals surface area (Å²) < 4.78 is 16.6. The number of halogens is 1. The smallest absolute Gasteiger partial charge is 0.341 e. The summed E-state index contributed by atoms with van der Waals surface area (Å²) in [6, 6.07) is 0.940. The quantitative estimate of drug-likeness (QED) is 0.593. The highest BCUT2D eigenvalue weighted by Gasteiger charge is 2.33. The lowest BCUT2D eigenvalue weighted by Crippen LogP contribution is -2.42. The van der Waals surface area contributed by atoms with Gasteiger partial charge in [-0.2, -0.15) is 0 Å². The first-order chi connectivity index (χ1) is 13.8. The molecule has 2 atom stereocenters. The second-order valence-corrected chi connectivity index (χ2v) is 7.87. The van der Waals surface area contributed by atoms with Gasteiger partial charge in [-0.15, -0.1) is 0 Å². The fourth-order valence-corrected chi connectivity index (χ4v) is 4.23. The Morgan fingerprint density at radius 2 is 2.03 bits per heavy atom. The third kappa shape index (κ3) is 3.34. The number of carboxylic acid groups (broad SMARTS) is 1. The van der Waals surface area contributed by atoms with E-state index in [-0.39, 0.29) is 35.1 Å². The normalized spacial score (nSPS) is 20.8. The standard InChI is InChI=1S/C20H23FN2O6/c21-14-6-12-16(23(11-3-4-11)8-13(18(12)26)20(28)29)19(27)17(14)22-5-1-2-10(7-22)15(25)9-24/h6,8,10-11,15,24-25,27H,1-5,7,9H2,(H,28,29). The van der Waals surface area contributed by atoms with Crippen LogP contribution in [-0.4, -0.2) is 56.8 Å². The third-order valence-electron chi connectivity index (χ3n) is 5.89. The van der Waals surface area contributed by atoms with Crippen LogP contribution in [0.15, 0.2) is 17.1 Å². The van der Waals surface area contributed by atoms with Crippen LogP contribution >= 0.6 is 0 Å². The van der Waals surface area contributed by atoms with Gasteiger partial charge in [-0.1, -0.05) is 0 Å². The Hall–Kier alpha value is -2.65. The van der Waals surface area contributed by atoms with Crippen LogP contribution < -0.4 is 10.3 Å². The molecule has 0 bridgehead atoms. The molecule has 1 aromatic heterocycles. The first-order valence-corrected chi connectivity index (χ1v) is 9.71. The number of pyridine rings is 1. The van der Waals surface area contributed by atoms with Crippen LogP contribution in [-0.2, 0) is 0 Å². The van der Waals surface area contributed by atoms with Crippen molar-refractivity contribution in [1.82, 2.24) is 4.57 Å². The Bertz CT molecular complexity index is 1030. The lowest BCUT2D eigenvalue weighted by Gasteiger charge is -2.36. The average molecular weight is 406 g/mol. The molecule has 2 fully saturated rings. The van der Waals surface area contributed by atoms with Gasteiger partial charge in [-0.05, 0) is 31.7 Å². The second kappa shape index (κ2) is 7.31. The Morgan fingerprint density at radius 3 is 2.66 bits per heavy atom. The van der Waals surface area contributed by atoms with Gasteiger partial charge in [0.25, 0.3) is 0 Å². The van der Waals surface area contributed by atoms with E-state index in [4.69, 9.17) is 0 Å². The molecule has 0 amide bonds. The van der Waals surface area contributed by atoms with Crippen LogP contribution in [0.1, 0.15) is 42.1 Å². The summed E-state index contributed by atoms with van der Waals surface area (Å²) in [4.78, 5) is 25.7. The van der Waals surface area contributed by atoms with Crippen LogP contribution in [0, 0.1) is 11.7 Å².